The second-order valence-electron chi connectivity index (χ2n) is 8.30. The molecule has 0 saturated carbocycles. The summed E-state index contributed by atoms with van der Waals surface area (Å²) in [7, 11) is 1.63. The second kappa shape index (κ2) is 11.3. The van der Waals surface area contributed by atoms with Gasteiger partial charge in [-0.2, -0.15) is 5.26 Å². The van der Waals surface area contributed by atoms with Crippen molar-refractivity contribution >= 4 is 16.8 Å². The molecule has 0 aliphatic carbocycles. The van der Waals surface area contributed by atoms with Crippen molar-refractivity contribution in [1.29, 1.82) is 5.26 Å². The fourth-order valence-electron chi connectivity index (χ4n) is 4.27. The minimum absolute atomic E-state index is 0.0166. The van der Waals surface area contributed by atoms with E-state index in [0.29, 0.717) is 43.1 Å². The van der Waals surface area contributed by atoms with E-state index in [-0.39, 0.29) is 11.8 Å². The van der Waals surface area contributed by atoms with Gasteiger partial charge in [-0.1, -0.05) is 36.4 Å². The van der Waals surface area contributed by atoms with Crippen molar-refractivity contribution in [3.8, 4) is 17.6 Å². The molecule has 0 aliphatic heterocycles. The summed E-state index contributed by atoms with van der Waals surface area (Å²) in [6.45, 7) is 2.94. The number of aromatic nitrogens is 1. The van der Waals surface area contributed by atoms with Gasteiger partial charge in [0.25, 0.3) is 0 Å². The maximum Gasteiger partial charge on any atom is 0.220 e. The number of nitriles is 1. The van der Waals surface area contributed by atoms with E-state index in [9.17, 15) is 4.79 Å². The third kappa shape index (κ3) is 5.64. The molecule has 0 saturated heterocycles. The van der Waals surface area contributed by atoms with Gasteiger partial charge in [-0.25, -0.2) is 0 Å². The van der Waals surface area contributed by atoms with Gasteiger partial charge in [-0.3, -0.25) is 4.79 Å². The summed E-state index contributed by atoms with van der Waals surface area (Å²) in [6.07, 6.45) is 3.01. The lowest BCUT2D eigenvalue weighted by Gasteiger charge is -2.20. The summed E-state index contributed by atoms with van der Waals surface area (Å²) in [5.74, 6) is 1.27. The highest BCUT2D eigenvalue weighted by Crippen LogP contribution is 2.35. The van der Waals surface area contributed by atoms with E-state index in [2.05, 4.69) is 22.4 Å². The molecule has 4 aromatic rings. The van der Waals surface area contributed by atoms with Gasteiger partial charge in [-0.15, -0.1) is 0 Å². The highest BCUT2D eigenvalue weighted by atomic mass is 16.5. The van der Waals surface area contributed by atoms with E-state index in [0.717, 1.165) is 27.6 Å². The topological polar surface area (TPSA) is 87.1 Å². The van der Waals surface area contributed by atoms with Crippen LogP contribution in [-0.4, -0.2) is 31.2 Å². The van der Waals surface area contributed by atoms with Gasteiger partial charge in [0.05, 0.1) is 25.3 Å². The molecule has 178 valence electrons. The zero-order valence-corrected chi connectivity index (χ0v) is 20.0. The maximum absolute atomic E-state index is 12.8. The van der Waals surface area contributed by atoms with Crippen molar-refractivity contribution in [2.75, 3.05) is 20.3 Å². The first-order chi connectivity index (χ1) is 17.1. The average molecular weight is 468 g/mol. The third-order valence-corrected chi connectivity index (χ3v) is 6.11. The molecule has 0 aliphatic rings. The van der Waals surface area contributed by atoms with Crippen molar-refractivity contribution in [3.63, 3.8) is 0 Å². The first kappa shape index (κ1) is 23.9. The van der Waals surface area contributed by atoms with Crippen LogP contribution in [0.25, 0.3) is 10.9 Å². The standard InChI is InChI=1S/C29H29N3O3/c1-3-35-27-14-13-22(16-28(27)34-2)24(25-19-31-26-7-5-4-6-23(25)26)18-32-29(33)15-12-20-8-10-21(17-30)11-9-20/h4-11,13-14,16,19,24,31H,3,12,15,18H2,1-2H3,(H,32,33). The largest absolute Gasteiger partial charge is 0.493 e. The minimum atomic E-state index is -0.0745. The van der Waals surface area contributed by atoms with Crippen LogP contribution in [-0.2, 0) is 11.2 Å². The Bertz CT molecular complexity index is 1340. The van der Waals surface area contributed by atoms with Crippen LogP contribution in [0.4, 0.5) is 0 Å². The molecule has 1 atom stereocenters. The number of para-hydroxylation sites is 1. The minimum Gasteiger partial charge on any atom is -0.493 e. The Labute approximate surface area is 205 Å². The van der Waals surface area contributed by atoms with Crippen LogP contribution in [0.5, 0.6) is 11.5 Å². The van der Waals surface area contributed by atoms with E-state index in [1.165, 1.54) is 0 Å². The lowest BCUT2D eigenvalue weighted by Crippen LogP contribution is -2.29. The van der Waals surface area contributed by atoms with Crippen LogP contribution < -0.4 is 14.8 Å². The summed E-state index contributed by atoms with van der Waals surface area (Å²) in [4.78, 5) is 16.1. The molecule has 4 rings (SSSR count). The number of benzene rings is 3. The van der Waals surface area contributed by atoms with E-state index in [4.69, 9.17) is 14.7 Å². The smallest absolute Gasteiger partial charge is 0.220 e. The van der Waals surface area contributed by atoms with Gasteiger partial charge in [0, 0.05) is 36.0 Å². The fraction of sp³-hybridized carbons (Fsp3) is 0.241. The Balaban J connectivity index is 1.54. The number of nitrogens with one attached hydrogen (secondary N) is 2. The number of aryl methyl sites for hydroxylation is 1. The Kier molecular flexibility index (Phi) is 7.69. The highest BCUT2D eigenvalue weighted by Gasteiger charge is 2.21. The number of H-pyrrole nitrogens is 1. The molecule has 1 amide bonds. The van der Waals surface area contributed by atoms with Crippen molar-refractivity contribution < 1.29 is 14.3 Å². The van der Waals surface area contributed by atoms with Crippen LogP contribution in [0.1, 0.15) is 41.5 Å². The summed E-state index contributed by atoms with van der Waals surface area (Å²) < 4.78 is 11.3. The summed E-state index contributed by atoms with van der Waals surface area (Å²) >= 11 is 0. The van der Waals surface area contributed by atoms with Crippen LogP contribution in [0.15, 0.2) is 72.9 Å². The average Bonchev–Trinajstić information content (AvgIpc) is 3.32. The van der Waals surface area contributed by atoms with Gasteiger partial charge in [0.15, 0.2) is 11.5 Å². The Morgan fingerprint density at radius 3 is 2.63 bits per heavy atom. The van der Waals surface area contributed by atoms with E-state index < -0.39 is 0 Å². The van der Waals surface area contributed by atoms with Crippen LogP contribution in [0.3, 0.4) is 0 Å². The predicted octanol–water partition coefficient (Wildman–Crippen LogP) is 5.33. The number of ether oxygens (including phenoxy) is 2. The molecule has 2 N–H and O–H groups in total. The number of nitrogens with zero attached hydrogens (tertiary/aromatic N) is 1. The van der Waals surface area contributed by atoms with Gasteiger partial charge < -0.3 is 19.8 Å². The number of fused-ring (bicyclic) bond motifs is 1. The van der Waals surface area contributed by atoms with E-state index >= 15 is 0 Å². The number of rotatable bonds is 10. The normalized spacial score (nSPS) is 11.6. The molecule has 6 nitrogen and oxygen atoms in total. The number of carbonyl (C=O) groups excluding carboxylic acids is 1. The van der Waals surface area contributed by atoms with Gasteiger partial charge in [-0.05, 0) is 60.4 Å². The number of aromatic amines is 1. The Morgan fingerprint density at radius 2 is 1.89 bits per heavy atom. The number of methoxy groups -OCH3 is 1. The van der Waals surface area contributed by atoms with Crippen molar-refractivity contribution in [2.45, 2.75) is 25.7 Å². The second-order valence-corrected chi connectivity index (χ2v) is 8.30. The molecular formula is C29H29N3O3. The number of carbonyl (C=O) groups is 1. The molecule has 0 fully saturated rings. The first-order valence-electron chi connectivity index (χ1n) is 11.8. The zero-order valence-electron chi connectivity index (χ0n) is 20.0. The quantitative estimate of drug-likeness (QED) is 0.330. The first-order valence-corrected chi connectivity index (χ1v) is 11.8. The van der Waals surface area contributed by atoms with Crippen LogP contribution in [0, 0.1) is 11.3 Å². The monoisotopic (exact) mass is 467 g/mol. The molecular weight excluding hydrogens is 438 g/mol. The van der Waals surface area contributed by atoms with Crippen molar-refractivity contribution in [2.24, 2.45) is 0 Å². The highest BCUT2D eigenvalue weighted by molar-refractivity contribution is 5.84. The fourth-order valence-corrected chi connectivity index (χ4v) is 4.27. The third-order valence-electron chi connectivity index (χ3n) is 6.11. The molecule has 1 heterocycles. The summed E-state index contributed by atoms with van der Waals surface area (Å²) in [6, 6.07) is 23.6. The molecule has 35 heavy (non-hydrogen) atoms. The van der Waals surface area contributed by atoms with E-state index in [1.54, 1.807) is 19.2 Å². The van der Waals surface area contributed by atoms with Crippen LogP contribution >= 0.6 is 0 Å². The predicted molar refractivity (Wildman–Crippen MR) is 137 cm³/mol. The number of amides is 1. The molecule has 1 aromatic heterocycles. The number of hydrogen-bond donors (Lipinski definition) is 2. The van der Waals surface area contributed by atoms with Gasteiger partial charge in [0.2, 0.25) is 5.91 Å². The maximum atomic E-state index is 12.8. The lowest BCUT2D eigenvalue weighted by atomic mass is 9.90. The molecule has 3 aromatic carbocycles. The number of hydrogen-bond acceptors (Lipinski definition) is 4. The van der Waals surface area contributed by atoms with Gasteiger partial charge in [0.1, 0.15) is 0 Å². The van der Waals surface area contributed by atoms with E-state index in [1.807, 2.05) is 61.7 Å². The van der Waals surface area contributed by atoms with Crippen molar-refractivity contribution in [3.05, 3.63) is 95.2 Å². The molecule has 0 bridgehead atoms. The molecule has 0 radical (unpaired) electrons. The molecule has 1 unspecified atom stereocenters. The van der Waals surface area contributed by atoms with Gasteiger partial charge >= 0.3 is 0 Å². The van der Waals surface area contributed by atoms with Crippen molar-refractivity contribution in [1.82, 2.24) is 10.3 Å². The zero-order chi connectivity index (χ0) is 24.6. The Hall–Kier alpha value is -4.24. The SMILES string of the molecule is CCOc1ccc(C(CNC(=O)CCc2ccc(C#N)cc2)c2c[nH]c3ccccc23)cc1OC. The Morgan fingerprint density at radius 1 is 1.09 bits per heavy atom. The van der Waals surface area contributed by atoms with Crippen LogP contribution in [0.2, 0.25) is 0 Å². The molecule has 6 heteroatoms. The summed E-state index contributed by atoms with van der Waals surface area (Å²) in [5.41, 5.74) is 4.84. The summed E-state index contributed by atoms with van der Waals surface area (Å²) in [5, 5.41) is 13.2. The molecule has 0 spiro atoms. The lowest BCUT2D eigenvalue weighted by molar-refractivity contribution is -0.121.